The molecule has 4 heteroatoms. The lowest BCUT2D eigenvalue weighted by Gasteiger charge is -2.39. The Labute approximate surface area is 120 Å². The highest BCUT2D eigenvalue weighted by Gasteiger charge is 2.28. The number of nitrogens with zero attached hydrogens (tertiary/aromatic N) is 3. The van der Waals surface area contributed by atoms with Gasteiger partial charge in [-0.15, -0.1) is 0 Å². The van der Waals surface area contributed by atoms with E-state index in [2.05, 4.69) is 47.2 Å². The zero-order valence-corrected chi connectivity index (χ0v) is 12.5. The number of fused-ring (bicyclic) bond motifs is 1. The van der Waals surface area contributed by atoms with E-state index in [1.807, 2.05) is 13.1 Å². The fraction of sp³-hybridized carbons (Fsp3) is 0.500. The zero-order valence-electron chi connectivity index (χ0n) is 12.5. The molecule has 106 valence electrons. The topological polar surface area (TPSA) is 41.1 Å². The molecule has 4 nitrogen and oxygen atoms in total. The van der Waals surface area contributed by atoms with Crippen molar-refractivity contribution in [2.24, 2.45) is 5.41 Å². The van der Waals surface area contributed by atoms with Gasteiger partial charge in [0.25, 0.3) is 0 Å². The van der Waals surface area contributed by atoms with Crippen LogP contribution in [0.2, 0.25) is 0 Å². The van der Waals surface area contributed by atoms with Crippen molar-refractivity contribution in [3.8, 4) is 0 Å². The maximum atomic E-state index is 4.71. The van der Waals surface area contributed by atoms with E-state index in [9.17, 15) is 0 Å². The van der Waals surface area contributed by atoms with Crippen LogP contribution in [0.15, 0.2) is 24.3 Å². The summed E-state index contributed by atoms with van der Waals surface area (Å²) in [6.45, 7) is 6.80. The van der Waals surface area contributed by atoms with Gasteiger partial charge in [-0.05, 0) is 30.4 Å². The minimum absolute atomic E-state index is 0.351. The van der Waals surface area contributed by atoms with E-state index in [-0.39, 0.29) is 0 Å². The number of hydrogen-bond acceptors (Lipinski definition) is 4. The molecule has 0 radical (unpaired) electrons. The number of piperidine rings is 1. The second kappa shape index (κ2) is 4.93. The Balaban J connectivity index is 2.09. The Kier molecular flexibility index (Phi) is 3.24. The Hall–Kier alpha value is -1.84. The van der Waals surface area contributed by atoms with Crippen LogP contribution in [0.4, 0.5) is 11.8 Å². The van der Waals surface area contributed by atoms with Gasteiger partial charge in [0.2, 0.25) is 5.95 Å². The molecule has 0 spiro atoms. The van der Waals surface area contributed by atoms with Crippen molar-refractivity contribution in [2.45, 2.75) is 26.7 Å². The Bertz CT molecular complexity index is 621. The van der Waals surface area contributed by atoms with Crippen LogP contribution in [0.1, 0.15) is 26.7 Å². The highest BCUT2D eigenvalue weighted by Crippen LogP contribution is 2.34. The van der Waals surface area contributed by atoms with Gasteiger partial charge in [-0.3, -0.25) is 0 Å². The number of anilines is 2. The SMILES string of the molecule is CNc1nc(N2CCCC(C)(C)C2)c2ccccc2n1. The van der Waals surface area contributed by atoms with Crippen molar-refractivity contribution in [1.29, 1.82) is 0 Å². The highest BCUT2D eigenvalue weighted by molar-refractivity contribution is 5.90. The first-order valence-corrected chi connectivity index (χ1v) is 7.28. The Morgan fingerprint density at radius 2 is 2.00 bits per heavy atom. The average molecular weight is 270 g/mol. The molecule has 20 heavy (non-hydrogen) atoms. The molecule has 3 rings (SSSR count). The van der Waals surface area contributed by atoms with Gasteiger partial charge in [0.1, 0.15) is 5.82 Å². The standard InChI is InChI=1S/C16H22N4/c1-16(2)9-6-10-20(11-16)14-12-7-4-5-8-13(12)18-15(17-3)19-14/h4-5,7-8H,6,9-11H2,1-3H3,(H,17,18,19). The van der Waals surface area contributed by atoms with Gasteiger partial charge in [0, 0.05) is 25.5 Å². The molecule has 2 aromatic rings. The summed E-state index contributed by atoms with van der Waals surface area (Å²) in [6, 6.07) is 8.25. The molecule has 0 aliphatic carbocycles. The number of nitrogens with one attached hydrogen (secondary N) is 1. The van der Waals surface area contributed by atoms with Crippen LogP contribution in [-0.4, -0.2) is 30.1 Å². The van der Waals surface area contributed by atoms with Crippen molar-refractivity contribution >= 4 is 22.7 Å². The van der Waals surface area contributed by atoms with Crippen molar-refractivity contribution in [3.05, 3.63) is 24.3 Å². The molecule has 1 aromatic carbocycles. The quantitative estimate of drug-likeness (QED) is 0.909. The third kappa shape index (κ3) is 2.42. The summed E-state index contributed by atoms with van der Waals surface area (Å²) >= 11 is 0. The van der Waals surface area contributed by atoms with Crippen LogP contribution in [0, 0.1) is 5.41 Å². The summed E-state index contributed by atoms with van der Waals surface area (Å²) < 4.78 is 0. The second-order valence-electron chi connectivity index (χ2n) is 6.33. The predicted molar refractivity (Wildman–Crippen MR) is 84.3 cm³/mol. The normalized spacial score (nSPS) is 18.2. The number of benzene rings is 1. The minimum Gasteiger partial charge on any atom is -0.357 e. The predicted octanol–water partition coefficient (Wildman–Crippen LogP) is 3.30. The van der Waals surface area contributed by atoms with E-state index in [1.54, 1.807) is 0 Å². The summed E-state index contributed by atoms with van der Waals surface area (Å²) in [5.41, 5.74) is 1.36. The molecule has 0 unspecified atom stereocenters. The lowest BCUT2D eigenvalue weighted by molar-refractivity contribution is 0.292. The van der Waals surface area contributed by atoms with Gasteiger partial charge < -0.3 is 10.2 Å². The van der Waals surface area contributed by atoms with Gasteiger partial charge in [-0.25, -0.2) is 4.98 Å². The molecule has 0 saturated carbocycles. The third-order valence-electron chi connectivity index (χ3n) is 4.01. The van der Waals surface area contributed by atoms with Gasteiger partial charge in [0.15, 0.2) is 0 Å². The summed E-state index contributed by atoms with van der Waals surface area (Å²) in [7, 11) is 1.87. The van der Waals surface area contributed by atoms with E-state index in [0.29, 0.717) is 11.4 Å². The molecule has 1 aliphatic heterocycles. The zero-order chi connectivity index (χ0) is 14.2. The van der Waals surface area contributed by atoms with Crippen molar-refractivity contribution < 1.29 is 0 Å². The van der Waals surface area contributed by atoms with Gasteiger partial charge >= 0.3 is 0 Å². The maximum Gasteiger partial charge on any atom is 0.224 e. The van der Waals surface area contributed by atoms with E-state index in [4.69, 9.17) is 4.98 Å². The lowest BCUT2D eigenvalue weighted by atomic mass is 9.84. The first-order valence-electron chi connectivity index (χ1n) is 7.28. The second-order valence-corrected chi connectivity index (χ2v) is 6.33. The first kappa shape index (κ1) is 13.2. The van der Waals surface area contributed by atoms with Gasteiger partial charge in [0.05, 0.1) is 5.52 Å². The summed E-state index contributed by atoms with van der Waals surface area (Å²) in [6.07, 6.45) is 2.51. The van der Waals surface area contributed by atoms with E-state index in [1.165, 1.54) is 12.8 Å². The van der Waals surface area contributed by atoms with Crippen molar-refractivity contribution in [2.75, 3.05) is 30.4 Å². The fourth-order valence-corrected chi connectivity index (χ4v) is 3.02. The van der Waals surface area contributed by atoms with Crippen LogP contribution in [0.3, 0.4) is 0 Å². The van der Waals surface area contributed by atoms with Gasteiger partial charge in [-0.1, -0.05) is 26.0 Å². The van der Waals surface area contributed by atoms with E-state index < -0.39 is 0 Å². The van der Waals surface area contributed by atoms with Crippen molar-refractivity contribution in [1.82, 2.24) is 9.97 Å². The third-order valence-corrected chi connectivity index (χ3v) is 4.01. The Morgan fingerprint density at radius 3 is 2.75 bits per heavy atom. The molecule has 1 N–H and O–H groups in total. The summed E-state index contributed by atoms with van der Waals surface area (Å²) in [4.78, 5) is 11.7. The number of rotatable bonds is 2. The number of hydrogen-bond donors (Lipinski definition) is 1. The minimum atomic E-state index is 0.351. The molecule has 0 bridgehead atoms. The monoisotopic (exact) mass is 270 g/mol. The van der Waals surface area contributed by atoms with Crippen LogP contribution in [0.5, 0.6) is 0 Å². The van der Waals surface area contributed by atoms with Crippen molar-refractivity contribution in [3.63, 3.8) is 0 Å². The molecule has 2 heterocycles. The summed E-state index contributed by atoms with van der Waals surface area (Å²) in [5.74, 6) is 1.76. The molecule has 1 aromatic heterocycles. The Morgan fingerprint density at radius 1 is 1.20 bits per heavy atom. The number of aromatic nitrogens is 2. The van der Waals surface area contributed by atoms with Crippen LogP contribution >= 0.6 is 0 Å². The lowest BCUT2D eigenvalue weighted by Crippen LogP contribution is -2.40. The number of para-hydroxylation sites is 1. The fourth-order valence-electron chi connectivity index (χ4n) is 3.02. The first-order chi connectivity index (χ1) is 9.59. The van der Waals surface area contributed by atoms with Crippen LogP contribution < -0.4 is 10.2 Å². The maximum absolute atomic E-state index is 4.71. The highest BCUT2D eigenvalue weighted by atomic mass is 15.2. The van der Waals surface area contributed by atoms with Crippen LogP contribution in [-0.2, 0) is 0 Å². The largest absolute Gasteiger partial charge is 0.357 e. The smallest absolute Gasteiger partial charge is 0.224 e. The molecule has 0 atom stereocenters. The molecule has 0 amide bonds. The molecular weight excluding hydrogens is 248 g/mol. The molecule has 1 fully saturated rings. The molecular formula is C16H22N4. The summed E-state index contributed by atoms with van der Waals surface area (Å²) in [5, 5.41) is 4.21. The van der Waals surface area contributed by atoms with Gasteiger partial charge in [-0.2, -0.15) is 4.98 Å². The van der Waals surface area contributed by atoms with E-state index in [0.717, 1.165) is 29.8 Å². The molecule has 1 saturated heterocycles. The average Bonchev–Trinajstić information content (AvgIpc) is 2.45. The van der Waals surface area contributed by atoms with Crippen LogP contribution in [0.25, 0.3) is 10.9 Å². The molecule has 1 aliphatic rings. The van der Waals surface area contributed by atoms with E-state index >= 15 is 0 Å².